The van der Waals surface area contributed by atoms with Crippen LogP contribution in [0.15, 0.2) is 12.7 Å². The molecule has 1 unspecified atom stereocenters. The van der Waals surface area contributed by atoms with E-state index in [4.69, 9.17) is 4.74 Å². The Morgan fingerprint density at radius 2 is 2.33 bits per heavy atom. The van der Waals surface area contributed by atoms with E-state index in [0.717, 1.165) is 26.0 Å². The van der Waals surface area contributed by atoms with E-state index in [1.165, 1.54) is 6.42 Å². The average Bonchev–Trinajstić information content (AvgIpc) is 2.10. The Morgan fingerprint density at radius 3 is 2.83 bits per heavy atom. The summed E-state index contributed by atoms with van der Waals surface area (Å²) >= 11 is 0. The second-order valence-electron chi connectivity index (χ2n) is 2.96. The number of ether oxygens (including phenoxy) is 1. The summed E-state index contributed by atoms with van der Waals surface area (Å²) in [6.07, 6.45) is 5.25. The Kier molecular flexibility index (Phi) is 8.51. The van der Waals surface area contributed by atoms with Crippen LogP contribution in [0.3, 0.4) is 0 Å². The van der Waals surface area contributed by atoms with E-state index in [2.05, 4.69) is 18.8 Å². The molecule has 12 heavy (non-hydrogen) atoms. The topological polar surface area (TPSA) is 21.3 Å². The van der Waals surface area contributed by atoms with Crippen molar-refractivity contribution in [3.8, 4) is 0 Å². The standard InChI is InChI=1S/C10H21NO/c1-4-6-10(7-9-12-3)11-8-5-2/h4,10-11H,1,5-9H2,2-3H3. The minimum absolute atomic E-state index is 0.544. The summed E-state index contributed by atoms with van der Waals surface area (Å²) < 4.78 is 5.02. The minimum atomic E-state index is 0.544. The Morgan fingerprint density at radius 1 is 1.58 bits per heavy atom. The van der Waals surface area contributed by atoms with Crippen LogP contribution in [-0.2, 0) is 4.74 Å². The molecule has 72 valence electrons. The van der Waals surface area contributed by atoms with E-state index >= 15 is 0 Å². The van der Waals surface area contributed by atoms with Gasteiger partial charge < -0.3 is 10.1 Å². The highest BCUT2D eigenvalue weighted by molar-refractivity contribution is 4.77. The number of hydrogen-bond acceptors (Lipinski definition) is 2. The smallest absolute Gasteiger partial charge is 0.0477 e. The van der Waals surface area contributed by atoms with Crippen LogP contribution in [-0.4, -0.2) is 26.3 Å². The molecule has 0 heterocycles. The van der Waals surface area contributed by atoms with Gasteiger partial charge in [-0.3, -0.25) is 0 Å². The molecule has 2 nitrogen and oxygen atoms in total. The van der Waals surface area contributed by atoms with Crippen molar-refractivity contribution >= 4 is 0 Å². The molecule has 0 radical (unpaired) electrons. The van der Waals surface area contributed by atoms with Crippen molar-refractivity contribution in [2.45, 2.75) is 32.2 Å². The molecule has 2 heteroatoms. The van der Waals surface area contributed by atoms with Crippen molar-refractivity contribution in [3.63, 3.8) is 0 Å². The molecule has 0 aromatic carbocycles. The summed E-state index contributed by atoms with van der Waals surface area (Å²) in [7, 11) is 1.74. The SMILES string of the molecule is C=CCC(CCOC)NCCC. The number of hydrogen-bond donors (Lipinski definition) is 1. The number of nitrogens with one attached hydrogen (secondary N) is 1. The highest BCUT2D eigenvalue weighted by Gasteiger charge is 2.03. The molecule has 0 aromatic rings. The summed E-state index contributed by atoms with van der Waals surface area (Å²) in [5.74, 6) is 0. The molecule has 0 saturated heterocycles. The van der Waals surface area contributed by atoms with E-state index in [1.807, 2.05) is 6.08 Å². The van der Waals surface area contributed by atoms with Gasteiger partial charge in [-0.15, -0.1) is 6.58 Å². The first kappa shape index (κ1) is 11.7. The summed E-state index contributed by atoms with van der Waals surface area (Å²) in [6, 6.07) is 0.544. The lowest BCUT2D eigenvalue weighted by Crippen LogP contribution is -2.30. The predicted octanol–water partition coefficient (Wildman–Crippen LogP) is 1.97. The van der Waals surface area contributed by atoms with Gasteiger partial charge in [0.2, 0.25) is 0 Å². The Bertz CT molecular complexity index is 96.0. The van der Waals surface area contributed by atoms with Gasteiger partial charge in [-0.05, 0) is 25.8 Å². The molecule has 1 N–H and O–H groups in total. The van der Waals surface area contributed by atoms with Crippen molar-refractivity contribution in [1.29, 1.82) is 0 Å². The van der Waals surface area contributed by atoms with Crippen LogP contribution >= 0.6 is 0 Å². The fraction of sp³-hybridized carbons (Fsp3) is 0.800. The molecular formula is C10H21NO. The zero-order valence-corrected chi connectivity index (χ0v) is 8.31. The molecule has 0 rings (SSSR count). The van der Waals surface area contributed by atoms with Gasteiger partial charge >= 0.3 is 0 Å². The molecule has 0 aliphatic rings. The third-order valence-corrected chi connectivity index (χ3v) is 1.80. The van der Waals surface area contributed by atoms with Gasteiger partial charge in [-0.2, -0.15) is 0 Å². The van der Waals surface area contributed by atoms with Gasteiger partial charge in [0.15, 0.2) is 0 Å². The van der Waals surface area contributed by atoms with Crippen LogP contribution in [0.4, 0.5) is 0 Å². The maximum Gasteiger partial charge on any atom is 0.0477 e. The fourth-order valence-electron chi connectivity index (χ4n) is 1.11. The van der Waals surface area contributed by atoms with Crippen LogP contribution in [0.2, 0.25) is 0 Å². The van der Waals surface area contributed by atoms with Gasteiger partial charge in [0.05, 0.1) is 0 Å². The highest BCUT2D eigenvalue weighted by Crippen LogP contribution is 1.99. The first-order valence-electron chi connectivity index (χ1n) is 4.68. The fourth-order valence-corrected chi connectivity index (χ4v) is 1.11. The first-order valence-corrected chi connectivity index (χ1v) is 4.68. The minimum Gasteiger partial charge on any atom is -0.385 e. The Labute approximate surface area is 76.0 Å². The predicted molar refractivity (Wildman–Crippen MR) is 53.4 cm³/mol. The second-order valence-corrected chi connectivity index (χ2v) is 2.96. The molecule has 0 amide bonds. The highest BCUT2D eigenvalue weighted by atomic mass is 16.5. The molecular weight excluding hydrogens is 150 g/mol. The molecule has 0 spiro atoms. The van der Waals surface area contributed by atoms with Crippen molar-refractivity contribution in [2.24, 2.45) is 0 Å². The normalized spacial score (nSPS) is 12.8. The van der Waals surface area contributed by atoms with Gasteiger partial charge in [0, 0.05) is 19.8 Å². The lowest BCUT2D eigenvalue weighted by atomic mass is 10.1. The van der Waals surface area contributed by atoms with Crippen LogP contribution in [0.5, 0.6) is 0 Å². The van der Waals surface area contributed by atoms with Gasteiger partial charge in [0.25, 0.3) is 0 Å². The van der Waals surface area contributed by atoms with Crippen LogP contribution in [0.25, 0.3) is 0 Å². The number of rotatable bonds is 8. The van der Waals surface area contributed by atoms with Crippen molar-refractivity contribution in [2.75, 3.05) is 20.3 Å². The van der Waals surface area contributed by atoms with Crippen LogP contribution < -0.4 is 5.32 Å². The third-order valence-electron chi connectivity index (χ3n) is 1.80. The maximum absolute atomic E-state index is 5.02. The number of methoxy groups -OCH3 is 1. The van der Waals surface area contributed by atoms with Crippen molar-refractivity contribution in [1.82, 2.24) is 5.32 Å². The summed E-state index contributed by atoms with van der Waals surface area (Å²) in [6.45, 7) is 7.82. The van der Waals surface area contributed by atoms with E-state index < -0.39 is 0 Å². The molecule has 0 saturated carbocycles. The van der Waals surface area contributed by atoms with E-state index in [-0.39, 0.29) is 0 Å². The Balaban J connectivity index is 3.46. The van der Waals surface area contributed by atoms with Crippen molar-refractivity contribution in [3.05, 3.63) is 12.7 Å². The quantitative estimate of drug-likeness (QED) is 0.564. The zero-order chi connectivity index (χ0) is 9.23. The van der Waals surface area contributed by atoms with Crippen LogP contribution in [0.1, 0.15) is 26.2 Å². The summed E-state index contributed by atoms with van der Waals surface area (Å²) in [4.78, 5) is 0. The maximum atomic E-state index is 5.02. The molecule has 0 aliphatic carbocycles. The van der Waals surface area contributed by atoms with E-state index in [0.29, 0.717) is 6.04 Å². The molecule has 1 atom stereocenters. The lowest BCUT2D eigenvalue weighted by Gasteiger charge is -2.15. The van der Waals surface area contributed by atoms with E-state index in [1.54, 1.807) is 7.11 Å². The van der Waals surface area contributed by atoms with Gasteiger partial charge in [0.1, 0.15) is 0 Å². The third kappa shape index (κ3) is 6.38. The monoisotopic (exact) mass is 171 g/mol. The van der Waals surface area contributed by atoms with Gasteiger partial charge in [-0.25, -0.2) is 0 Å². The molecule has 0 fully saturated rings. The largest absolute Gasteiger partial charge is 0.385 e. The molecule has 0 aliphatic heterocycles. The molecule has 0 bridgehead atoms. The van der Waals surface area contributed by atoms with E-state index in [9.17, 15) is 0 Å². The van der Waals surface area contributed by atoms with Crippen molar-refractivity contribution < 1.29 is 4.74 Å². The first-order chi connectivity index (χ1) is 5.85. The summed E-state index contributed by atoms with van der Waals surface area (Å²) in [5, 5.41) is 3.45. The summed E-state index contributed by atoms with van der Waals surface area (Å²) in [5.41, 5.74) is 0. The average molecular weight is 171 g/mol. The zero-order valence-electron chi connectivity index (χ0n) is 8.31. The Hall–Kier alpha value is -0.340. The second kappa shape index (κ2) is 8.75. The van der Waals surface area contributed by atoms with Crippen LogP contribution in [0, 0.1) is 0 Å². The molecule has 0 aromatic heterocycles. The van der Waals surface area contributed by atoms with Gasteiger partial charge in [-0.1, -0.05) is 13.0 Å². The lowest BCUT2D eigenvalue weighted by molar-refractivity contribution is 0.183.